The molecule has 0 aromatic heterocycles. The van der Waals surface area contributed by atoms with E-state index >= 15 is 0 Å². The van der Waals surface area contributed by atoms with Gasteiger partial charge in [-0.05, 0) is 22.4 Å². The molecule has 1 aliphatic rings. The van der Waals surface area contributed by atoms with Crippen LogP contribution in [0.15, 0.2) is 71.6 Å². The van der Waals surface area contributed by atoms with E-state index in [2.05, 4.69) is 9.62 Å². The summed E-state index contributed by atoms with van der Waals surface area (Å²) in [7, 11) is -3.92. The zero-order valence-electron chi connectivity index (χ0n) is 16.8. The van der Waals surface area contributed by atoms with Crippen molar-refractivity contribution in [3.05, 3.63) is 82.4 Å². The highest BCUT2D eigenvalue weighted by molar-refractivity contribution is 7.89. The average molecular weight is 442 g/mol. The van der Waals surface area contributed by atoms with Gasteiger partial charge in [0.1, 0.15) is 0 Å². The Morgan fingerprint density at radius 3 is 2.52 bits per heavy atom. The molecule has 0 amide bonds. The molecule has 9 heteroatoms. The first-order valence-electron chi connectivity index (χ1n) is 9.99. The molecule has 1 atom stereocenters. The Morgan fingerprint density at radius 2 is 1.74 bits per heavy atom. The van der Waals surface area contributed by atoms with Crippen molar-refractivity contribution in [1.82, 2.24) is 9.62 Å². The lowest BCUT2D eigenvalue weighted by molar-refractivity contribution is -0.385. The monoisotopic (exact) mass is 441 g/mol. The van der Waals surface area contributed by atoms with Crippen LogP contribution in [0.25, 0.3) is 10.8 Å². The molecule has 1 heterocycles. The molecule has 1 fully saturated rings. The minimum atomic E-state index is -3.92. The highest BCUT2D eigenvalue weighted by Gasteiger charge is 2.27. The van der Waals surface area contributed by atoms with E-state index < -0.39 is 14.9 Å². The second-order valence-corrected chi connectivity index (χ2v) is 9.11. The first-order valence-corrected chi connectivity index (χ1v) is 11.5. The van der Waals surface area contributed by atoms with Gasteiger partial charge in [-0.3, -0.25) is 15.0 Å². The van der Waals surface area contributed by atoms with Gasteiger partial charge < -0.3 is 4.74 Å². The summed E-state index contributed by atoms with van der Waals surface area (Å²) in [5, 5.41) is 13.2. The quantitative estimate of drug-likeness (QED) is 0.447. The van der Waals surface area contributed by atoms with E-state index in [1.807, 2.05) is 42.5 Å². The van der Waals surface area contributed by atoms with E-state index in [9.17, 15) is 18.5 Å². The van der Waals surface area contributed by atoms with Gasteiger partial charge in [0, 0.05) is 37.8 Å². The third kappa shape index (κ3) is 4.75. The van der Waals surface area contributed by atoms with E-state index in [-0.39, 0.29) is 23.2 Å². The SMILES string of the molecule is O=[N+]([O-])c1cccc(S(=O)(=O)NC[C@@H](c2cccc3ccccc23)N2CCOCC2)c1. The molecule has 0 aliphatic carbocycles. The second kappa shape index (κ2) is 9.11. The van der Waals surface area contributed by atoms with Crippen molar-refractivity contribution in [2.45, 2.75) is 10.9 Å². The minimum Gasteiger partial charge on any atom is -0.379 e. The molecule has 3 aromatic carbocycles. The third-order valence-corrected chi connectivity index (χ3v) is 6.90. The minimum absolute atomic E-state index is 0.125. The summed E-state index contributed by atoms with van der Waals surface area (Å²) in [6.45, 7) is 2.68. The van der Waals surface area contributed by atoms with Crippen LogP contribution in [0, 0.1) is 10.1 Å². The largest absolute Gasteiger partial charge is 0.379 e. The number of hydrogen-bond acceptors (Lipinski definition) is 6. The van der Waals surface area contributed by atoms with Gasteiger partial charge in [-0.2, -0.15) is 0 Å². The van der Waals surface area contributed by atoms with E-state index in [0.717, 1.165) is 22.4 Å². The Hall–Kier alpha value is -2.85. The van der Waals surface area contributed by atoms with Crippen molar-refractivity contribution in [3.8, 4) is 0 Å². The molecule has 4 rings (SSSR count). The molecular formula is C22H23N3O5S. The van der Waals surface area contributed by atoms with Gasteiger partial charge in [-0.25, -0.2) is 13.1 Å². The fraction of sp³-hybridized carbons (Fsp3) is 0.273. The maximum Gasteiger partial charge on any atom is 0.270 e. The molecule has 1 N–H and O–H groups in total. The van der Waals surface area contributed by atoms with Crippen LogP contribution in [-0.2, 0) is 14.8 Å². The summed E-state index contributed by atoms with van der Waals surface area (Å²) in [5.74, 6) is 0. The second-order valence-electron chi connectivity index (χ2n) is 7.34. The fourth-order valence-electron chi connectivity index (χ4n) is 3.90. The number of nitrogens with zero attached hydrogens (tertiary/aromatic N) is 2. The van der Waals surface area contributed by atoms with Crippen molar-refractivity contribution >= 4 is 26.5 Å². The van der Waals surface area contributed by atoms with Gasteiger partial charge in [0.15, 0.2) is 0 Å². The Kier molecular flexibility index (Phi) is 6.28. The Labute approximate surface area is 180 Å². The number of fused-ring (bicyclic) bond motifs is 1. The number of sulfonamides is 1. The summed E-state index contributed by atoms with van der Waals surface area (Å²) in [4.78, 5) is 12.5. The van der Waals surface area contributed by atoms with E-state index in [4.69, 9.17) is 4.74 Å². The van der Waals surface area contributed by atoms with Crippen LogP contribution in [0.1, 0.15) is 11.6 Å². The molecule has 0 radical (unpaired) electrons. The molecule has 3 aromatic rings. The lowest BCUT2D eigenvalue weighted by Gasteiger charge is -2.35. The summed E-state index contributed by atoms with van der Waals surface area (Å²) in [6.07, 6.45) is 0. The standard InChI is InChI=1S/C22H23N3O5S/c26-25(27)18-7-4-8-19(15-18)31(28,29)23-16-22(24-11-13-30-14-12-24)21-10-3-6-17-5-1-2-9-20(17)21/h1-10,15,22-23H,11-14,16H2/t22-/m0/s1. The van der Waals surface area contributed by atoms with Crippen LogP contribution in [0.4, 0.5) is 5.69 Å². The van der Waals surface area contributed by atoms with Gasteiger partial charge in [-0.1, -0.05) is 48.5 Å². The number of nitrogens with one attached hydrogen (secondary N) is 1. The van der Waals surface area contributed by atoms with Crippen molar-refractivity contribution in [3.63, 3.8) is 0 Å². The first-order chi connectivity index (χ1) is 15.0. The Bertz CT molecular complexity index is 1190. The molecule has 31 heavy (non-hydrogen) atoms. The molecule has 8 nitrogen and oxygen atoms in total. The van der Waals surface area contributed by atoms with Crippen molar-refractivity contribution in [2.75, 3.05) is 32.8 Å². The average Bonchev–Trinajstić information content (AvgIpc) is 2.80. The molecular weight excluding hydrogens is 418 g/mol. The van der Waals surface area contributed by atoms with Gasteiger partial charge in [-0.15, -0.1) is 0 Å². The van der Waals surface area contributed by atoms with E-state index in [1.165, 1.54) is 18.2 Å². The zero-order valence-corrected chi connectivity index (χ0v) is 17.6. The normalized spacial score (nSPS) is 16.3. The number of ether oxygens (including phenoxy) is 1. The van der Waals surface area contributed by atoms with Gasteiger partial charge in [0.2, 0.25) is 10.0 Å². The van der Waals surface area contributed by atoms with E-state index in [1.54, 1.807) is 0 Å². The fourth-order valence-corrected chi connectivity index (χ4v) is 4.98. The highest BCUT2D eigenvalue weighted by atomic mass is 32.2. The lowest BCUT2D eigenvalue weighted by Crippen LogP contribution is -2.43. The zero-order chi connectivity index (χ0) is 21.8. The third-order valence-electron chi connectivity index (χ3n) is 5.47. The Balaban J connectivity index is 1.65. The predicted octanol–water partition coefficient (Wildman–Crippen LogP) is 3.10. The summed E-state index contributed by atoms with van der Waals surface area (Å²) in [6, 6.07) is 18.9. The number of hydrogen-bond donors (Lipinski definition) is 1. The van der Waals surface area contributed by atoms with Gasteiger partial charge in [0.05, 0.1) is 23.0 Å². The first kappa shape index (κ1) is 21.4. The maximum absolute atomic E-state index is 12.9. The molecule has 1 aliphatic heterocycles. The van der Waals surface area contributed by atoms with Crippen molar-refractivity contribution in [1.29, 1.82) is 0 Å². The maximum atomic E-state index is 12.9. The van der Waals surface area contributed by atoms with Crippen LogP contribution in [-0.4, -0.2) is 51.1 Å². The molecule has 162 valence electrons. The summed E-state index contributed by atoms with van der Waals surface area (Å²) < 4.78 is 34.0. The van der Waals surface area contributed by atoms with Crippen LogP contribution < -0.4 is 4.72 Å². The van der Waals surface area contributed by atoms with Crippen LogP contribution in [0.2, 0.25) is 0 Å². The lowest BCUT2D eigenvalue weighted by atomic mass is 9.97. The summed E-state index contributed by atoms with van der Waals surface area (Å²) >= 11 is 0. The van der Waals surface area contributed by atoms with E-state index in [0.29, 0.717) is 26.3 Å². The van der Waals surface area contributed by atoms with Crippen molar-refractivity contribution in [2.24, 2.45) is 0 Å². The molecule has 0 saturated carbocycles. The van der Waals surface area contributed by atoms with Crippen LogP contribution in [0.3, 0.4) is 0 Å². The number of rotatable bonds is 7. The number of nitro groups is 1. The molecule has 0 bridgehead atoms. The number of nitro benzene ring substituents is 1. The number of non-ortho nitro benzene ring substituents is 1. The topological polar surface area (TPSA) is 102 Å². The smallest absolute Gasteiger partial charge is 0.270 e. The van der Waals surface area contributed by atoms with Crippen LogP contribution >= 0.6 is 0 Å². The molecule has 0 spiro atoms. The Morgan fingerprint density at radius 1 is 1.03 bits per heavy atom. The number of benzene rings is 3. The van der Waals surface area contributed by atoms with Gasteiger partial charge >= 0.3 is 0 Å². The highest BCUT2D eigenvalue weighted by Crippen LogP contribution is 2.29. The molecule has 0 unspecified atom stereocenters. The predicted molar refractivity (Wildman–Crippen MR) is 117 cm³/mol. The van der Waals surface area contributed by atoms with Crippen LogP contribution in [0.5, 0.6) is 0 Å². The summed E-state index contributed by atoms with van der Waals surface area (Å²) in [5.41, 5.74) is 0.767. The van der Waals surface area contributed by atoms with Crippen molar-refractivity contribution < 1.29 is 18.1 Å². The molecule has 1 saturated heterocycles. The van der Waals surface area contributed by atoms with Gasteiger partial charge in [0.25, 0.3) is 5.69 Å². The number of morpholine rings is 1.